The molecule has 3 nitrogen and oxygen atoms in total. The average Bonchev–Trinajstić information content (AvgIpc) is 2.43. The molecule has 0 saturated carbocycles. The largest absolute Gasteiger partial charge is 0.459 e. The highest BCUT2D eigenvalue weighted by atomic mass is 35.5. The third-order valence-electron chi connectivity index (χ3n) is 3.38. The lowest BCUT2D eigenvalue weighted by Crippen LogP contribution is -2.36. The van der Waals surface area contributed by atoms with Crippen LogP contribution in [-0.2, 0) is 14.9 Å². The highest BCUT2D eigenvalue weighted by Gasteiger charge is 2.34. The fourth-order valence-corrected chi connectivity index (χ4v) is 2.10. The molecule has 0 aliphatic heterocycles. The zero-order chi connectivity index (χ0) is 17.0. The first-order valence-electron chi connectivity index (χ1n) is 7.51. The highest BCUT2D eigenvalue weighted by molar-refractivity contribution is 6.18. The van der Waals surface area contributed by atoms with E-state index in [1.165, 1.54) is 0 Å². The van der Waals surface area contributed by atoms with E-state index < -0.39 is 11.0 Å². The molecule has 0 atom stereocenters. The number of carbonyl (C=O) groups excluding carboxylic acids is 2. The summed E-state index contributed by atoms with van der Waals surface area (Å²) in [6.45, 7) is 9.19. The summed E-state index contributed by atoms with van der Waals surface area (Å²) in [5, 5.41) is 0. The number of ether oxygens (including phenoxy) is 1. The number of rotatable bonds is 6. The SMILES string of the molecule is CC(C)(C)OC(=O)C(C)(C)c1ccc(C(=O)CCCCl)cc1. The van der Waals surface area contributed by atoms with Crippen molar-refractivity contribution in [1.29, 1.82) is 0 Å². The second-order valence-corrected chi connectivity index (χ2v) is 7.30. The normalized spacial score (nSPS) is 12.1. The summed E-state index contributed by atoms with van der Waals surface area (Å²) < 4.78 is 5.47. The van der Waals surface area contributed by atoms with Crippen LogP contribution in [0.3, 0.4) is 0 Å². The minimum atomic E-state index is -0.759. The van der Waals surface area contributed by atoms with Crippen LogP contribution in [0.25, 0.3) is 0 Å². The minimum absolute atomic E-state index is 0.0716. The molecule has 0 spiro atoms. The van der Waals surface area contributed by atoms with Crippen LogP contribution in [-0.4, -0.2) is 23.2 Å². The Kier molecular flexibility index (Phi) is 6.18. The number of hydrogen-bond donors (Lipinski definition) is 0. The molecular weight excluding hydrogens is 300 g/mol. The number of alkyl halides is 1. The van der Waals surface area contributed by atoms with Crippen LogP contribution < -0.4 is 0 Å². The first kappa shape index (κ1) is 18.7. The number of esters is 1. The molecule has 0 unspecified atom stereocenters. The van der Waals surface area contributed by atoms with Gasteiger partial charge in [0.2, 0.25) is 0 Å². The van der Waals surface area contributed by atoms with Gasteiger partial charge in [-0.1, -0.05) is 24.3 Å². The van der Waals surface area contributed by atoms with Gasteiger partial charge in [0, 0.05) is 17.9 Å². The second kappa shape index (κ2) is 7.28. The molecule has 0 bridgehead atoms. The van der Waals surface area contributed by atoms with Gasteiger partial charge in [0.15, 0.2) is 5.78 Å². The minimum Gasteiger partial charge on any atom is -0.459 e. The van der Waals surface area contributed by atoms with Crippen LogP contribution >= 0.6 is 11.6 Å². The lowest BCUT2D eigenvalue weighted by atomic mass is 9.84. The van der Waals surface area contributed by atoms with Crippen LogP contribution in [0.15, 0.2) is 24.3 Å². The van der Waals surface area contributed by atoms with Crippen LogP contribution in [0.2, 0.25) is 0 Å². The van der Waals surface area contributed by atoms with E-state index >= 15 is 0 Å². The van der Waals surface area contributed by atoms with Gasteiger partial charge in [-0.15, -0.1) is 11.6 Å². The molecule has 0 aromatic heterocycles. The molecule has 0 radical (unpaired) electrons. The summed E-state index contributed by atoms with van der Waals surface area (Å²) in [7, 11) is 0. The van der Waals surface area contributed by atoms with Crippen molar-refractivity contribution in [2.75, 3.05) is 5.88 Å². The van der Waals surface area contributed by atoms with Crippen molar-refractivity contribution < 1.29 is 14.3 Å². The maximum atomic E-state index is 12.3. The molecule has 0 aliphatic rings. The third kappa shape index (κ3) is 5.13. The number of Topliss-reactive ketones (excluding diaryl/α,β-unsaturated/α-hetero) is 1. The van der Waals surface area contributed by atoms with Gasteiger partial charge in [-0.25, -0.2) is 0 Å². The topological polar surface area (TPSA) is 43.4 Å². The summed E-state index contributed by atoms with van der Waals surface area (Å²) in [6.07, 6.45) is 1.11. The Bertz CT molecular complexity index is 524. The van der Waals surface area contributed by atoms with Crippen molar-refractivity contribution >= 4 is 23.4 Å². The Morgan fingerprint density at radius 2 is 1.59 bits per heavy atom. The Morgan fingerprint density at radius 3 is 2.05 bits per heavy atom. The van der Waals surface area contributed by atoms with Crippen molar-refractivity contribution in [3.63, 3.8) is 0 Å². The molecule has 0 amide bonds. The van der Waals surface area contributed by atoms with Crippen molar-refractivity contribution in [1.82, 2.24) is 0 Å². The second-order valence-electron chi connectivity index (χ2n) is 6.92. The van der Waals surface area contributed by atoms with E-state index in [-0.39, 0.29) is 11.8 Å². The van der Waals surface area contributed by atoms with Gasteiger partial charge in [0.05, 0.1) is 5.41 Å². The lowest BCUT2D eigenvalue weighted by Gasteiger charge is -2.28. The predicted octanol–water partition coefficient (Wildman–Crippen LogP) is 4.51. The summed E-state index contributed by atoms with van der Waals surface area (Å²) in [4.78, 5) is 24.3. The first-order chi connectivity index (χ1) is 10.1. The zero-order valence-corrected chi connectivity index (χ0v) is 14.8. The molecule has 122 valence electrons. The quantitative estimate of drug-likeness (QED) is 0.439. The van der Waals surface area contributed by atoms with Crippen molar-refractivity contribution in [3.05, 3.63) is 35.4 Å². The summed E-state index contributed by atoms with van der Waals surface area (Å²) in [5.41, 5.74) is 0.195. The van der Waals surface area contributed by atoms with Gasteiger partial charge in [-0.3, -0.25) is 9.59 Å². The molecule has 22 heavy (non-hydrogen) atoms. The van der Waals surface area contributed by atoms with E-state index in [9.17, 15) is 9.59 Å². The predicted molar refractivity (Wildman–Crippen MR) is 89.6 cm³/mol. The summed E-state index contributed by atoms with van der Waals surface area (Å²) in [6, 6.07) is 7.16. The van der Waals surface area contributed by atoms with E-state index in [1.54, 1.807) is 12.1 Å². The fourth-order valence-electron chi connectivity index (χ4n) is 1.97. The number of halogens is 1. The van der Waals surface area contributed by atoms with E-state index in [1.807, 2.05) is 46.8 Å². The Labute approximate surface area is 138 Å². The van der Waals surface area contributed by atoms with Crippen LogP contribution in [0.1, 0.15) is 63.4 Å². The molecule has 0 fully saturated rings. The molecule has 1 rings (SSSR count). The van der Waals surface area contributed by atoms with Gasteiger partial charge in [0.1, 0.15) is 5.60 Å². The molecule has 1 aromatic carbocycles. The van der Waals surface area contributed by atoms with Crippen molar-refractivity contribution in [2.24, 2.45) is 0 Å². The fraction of sp³-hybridized carbons (Fsp3) is 0.556. The third-order valence-corrected chi connectivity index (χ3v) is 3.64. The number of hydrogen-bond acceptors (Lipinski definition) is 3. The van der Waals surface area contributed by atoms with E-state index in [2.05, 4.69) is 0 Å². The van der Waals surface area contributed by atoms with Gasteiger partial charge in [-0.2, -0.15) is 0 Å². The van der Waals surface area contributed by atoms with Gasteiger partial charge in [-0.05, 0) is 46.6 Å². The smallest absolute Gasteiger partial charge is 0.316 e. The van der Waals surface area contributed by atoms with Crippen LogP contribution in [0, 0.1) is 0 Å². The average molecular weight is 325 g/mol. The maximum absolute atomic E-state index is 12.3. The Morgan fingerprint density at radius 1 is 1.05 bits per heavy atom. The van der Waals surface area contributed by atoms with Crippen molar-refractivity contribution in [3.8, 4) is 0 Å². The molecule has 1 aromatic rings. The first-order valence-corrected chi connectivity index (χ1v) is 8.04. The number of benzene rings is 1. The standard InChI is InChI=1S/C18H25ClO3/c1-17(2,3)22-16(21)18(4,5)14-10-8-13(9-11-14)15(20)7-6-12-19/h8-11H,6-7,12H2,1-5H3. The van der Waals surface area contributed by atoms with E-state index in [0.717, 1.165) is 5.56 Å². The van der Waals surface area contributed by atoms with Crippen LogP contribution in [0.4, 0.5) is 0 Å². The van der Waals surface area contributed by atoms with Crippen molar-refractivity contribution in [2.45, 2.75) is 58.5 Å². The summed E-state index contributed by atoms with van der Waals surface area (Å²) in [5.74, 6) is 0.277. The molecule has 0 saturated heterocycles. The highest BCUT2D eigenvalue weighted by Crippen LogP contribution is 2.27. The molecule has 0 N–H and O–H groups in total. The van der Waals surface area contributed by atoms with Gasteiger partial charge in [0.25, 0.3) is 0 Å². The maximum Gasteiger partial charge on any atom is 0.316 e. The lowest BCUT2D eigenvalue weighted by molar-refractivity contribution is -0.160. The van der Waals surface area contributed by atoms with E-state index in [4.69, 9.17) is 16.3 Å². The summed E-state index contributed by atoms with van der Waals surface area (Å²) >= 11 is 5.60. The van der Waals surface area contributed by atoms with E-state index in [0.29, 0.717) is 24.3 Å². The van der Waals surface area contributed by atoms with Crippen LogP contribution in [0.5, 0.6) is 0 Å². The molecule has 0 aliphatic carbocycles. The Hall–Kier alpha value is -1.35. The molecule has 4 heteroatoms. The van der Waals surface area contributed by atoms with Gasteiger partial charge >= 0.3 is 5.97 Å². The number of carbonyl (C=O) groups is 2. The molecular formula is C18H25ClO3. The number of ketones is 1. The Balaban J connectivity index is 2.88. The monoisotopic (exact) mass is 324 g/mol. The zero-order valence-electron chi connectivity index (χ0n) is 14.0. The molecule has 0 heterocycles. The van der Waals surface area contributed by atoms with Gasteiger partial charge < -0.3 is 4.74 Å².